The largest absolute Gasteiger partial charge is 0.508 e. The summed E-state index contributed by atoms with van der Waals surface area (Å²) in [7, 11) is 1.64. The Kier molecular flexibility index (Phi) is 12.6. The zero-order valence-corrected chi connectivity index (χ0v) is 35.4. The van der Waals surface area contributed by atoms with E-state index >= 15 is 0 Å². The van der Waals surface area contributed by atoms with Gasteiger partial charge in [0.1, 0.15) is 36.1 Å². The highest BCUT2D eigenvalue weighted by Gasteiger charge is 2.39. The maximum Gasteiger partial charge on any atom is 0.161 e. The van der Waals surface area contributed by atoms with E-state index in [0.29, 0.717) is 37.4 Å². The van der Waals surface area contributed by atoms with Crippen molar-refractivity contribution < 1.29 is 29.2 Å². The van der Waals surface area contributed by atoms with Gasteiger partial charge in [-0.3, -0.25) is 4.79 Å². The number of ketones is 1. The molecule has 4 aromatic carbocycles. The number of methoxy groups -OCH3 is 1. The molecular formula is C53H59NO6. The fourth-order valence-electron chi connectivity index (χ4n) is 10.1. The predicted molar refractivity (Wildman–Crippen MR) is 241 cm³/mol. The van der Waals surface area contributed by atoms with Gasteiger partial charge in [-0.1, -0.05) is 74.7 Å². The zero-order valence-electron chi connectivity index (χ0n) is 35.4. The number of phenolic OH excluding ortho intramolecular Hbond substituents is 1. The van der Waals surface area contributed by atoms with Gasteiger partial charge in [0.05, 0.1) is 12.5 Å². The number of carbonyl (C=O) groups excluding carboxylic acids is 1. The minimum Gasteiger partial charge on any atom is -0.508 e. The summed E-state index contributed by atoms with van der Waals surface area (Å²) < 4.78 is 18.8. The standard InChI is InChI=1S/C53H59NO6/c1-4-54-41-13-9-11-36(28-41)10-5-6-12-38-17-20-42(55)30-40(38)31-44-32-43(56)19-15-37-16-23-49(58-3)50(29-37)60-34-39-18-22-46-51-45(39)21-14-35(2)47(51)33-48(57)52(46)53(26-27-59-44)24-7-8-25-53/h9,11,13-14,16-18,20-23,28-30,33,35,38,40,44,54-55,57H,4-8,10,12,15,19,24-25,31-32,34H2,1-3H3/t35-,38-,40+,44-/m1/s1. The number of fused-ring (bicyclic) bond motifs is 8. The molecule has 0 radical (unpaired) electrons. The van der Waals surface area contributed by atoms with Crippen molar-refractivity contribution in [1.29, 1.82) is 0 Å². The van der Waals surface area contributed by atoms with Crippen molar-refractivity contribution in [1.82, 2.24) is 0 Å². The lowest BCUT2D eigenvalue weighted by Crippen LogP contribution is -2.25. The van der Waals surface area contributed by atoms with Crippen LogP contribution in [-0.2, 0) is 34.4 Å². The van der Waals surface area contributed by atoms with E-state index in [1.165, 1.54) is 5.56 Å². The smallest absolute Gasteiger partial charge is 0.161 e. The molecule has 0 aromatic heterocycles. The van der Waals surface area contributed by atoms with Gasteiger partial charge < -0.3 is 29.7 Å². The van der Waals surface area contributed by atoms with Crippen LogP contribution in [0.25, 0.3) is 16.8 Å². The van der Waals surface area contributed by atoms with Crippen molar-refractivity contribution in [2.24, 2.45) is 11.8 Å². The Morgan fingerprint density at radius 2 is 1.83 bits per heavy atom. The Morgan fingerprint density at radius 3 is 2.67 bits per heavy atom. The number of aliphatic hydroxyl groups excluding tert-OH is 1. The number of ether oxygens (including phenoxy) is 3. The lowest BCUT2D eigenvalue weighted by Gasteiger charge is -2.30. The topological polar surface area (TPSA) is 97.3 Å². The minimum atomic E-state index is -0.604. The van der Waals surface area contributed by atoms with Gasteiger partial charge in [0, 0.05) is 36.6 Å². The fraction of sp³-hybridized carbons (Fsp3) is 0.415. The average molecular weight is 806 g/mol. The van der Waals surface area contributed by atoms with Gasteiger partial charge in [-0.15, -0.1) is 0 Å². The Balaban J connectivity index is 1.11. The minimum absolute atomic E-state index is 0.0104. The van der Waals surface area contributed by atoms with Gasteiger partial charge in [0.15, 0.2) is 11.5 Å². The van der Waals surface area contributed by atoms with Crippen LogP contribution in [0.4, 0.5) is 5.69 Å². The second kappa shape index (κ2) is 18.3. The molecule has 0 unspecified atom stereocenters. The number of phenols is 1. The summed E-state index contributed by atoms with van der Waals surface area (Å²) in [4.78, 5) is 13.9. The number of hydrogen-bond acceptors (Lipinski definition) is 7. The molecule has 9 rings (SSSR count). The number of aromatic hydroxyl groups is 1. The quantitative estimate of drug-likeness (QED) is 0.108. The third-order valence-corrected chi connectivity index (χ3v) is 13.2. The van der Waals surface area contributed by atoms with Crippen molar-refractivity contribution >= 4 is 28.3 Å². The first-order chi connectivity index (χ1) is 29.2. The number of nitrogens with one attached hydrogen (secondary N) is 1. The van der Waals surface area contributed by atoms with Crippen molar-refractivity contribution in [2.75, 3.05) is 19.0 Å². The molecular weight excluding hydrogens is 747 g/mol. The molecule has 5 aliphatic rings. The highest BCUT2D eigenvalue weighted by molar-refractivity contribution is 6.01. The van der Waals surface area contributed by atoms with Gasteiger partial charge >= 0.3 is 0 Å². The molecule has 0 saturated heterocycles. The van der Waals surface area contributed by atoms with E-state index in [1.54, 1.807) is 7.11 Å². The predicted octanol–water partition coefficient (Wildman–Crippen LogP) is 11.8. The lowest BCUT2D eigenvalue weighted by atomic mass is 9.73. The van der Waals surface area contributed by atoms with Gasteiger partial charge in [-0.25, -0.2) is 0 Å². The molecule has 7 heteroatoms. The molecule has 3 aliphatic carbocycles. The molecule has 1 saturated carbocycles. The first kappa shape index (κ1) is 41.1. The molecule has 1 fully saturated rings. The van der Waals surface area contributed by atoms with Crippen LogP contribution < -0.4 is 14.8 Å². The van der Waals surface area contributed by atoms with Crippen LogP contribution in [0.3, 0.4) is 0 Å². The number of allylic oxidation sites excluding steroid dienone is 4. The summed E-state index contributed by atoms with van der Waals surface area (Å²) in [5.74, 6) is 5.81. The van der Waals surface area contributed by atoms with Crippen molar-refractivity contribution in [2.45, 2.75) is 115 Å². The summed E-state index contributed by atoms with van der Waals surface area (Å²) in [6.45, 7) is 5.51. The maximum absolute atomic E-state index is 13.9. The molecule has 1 spiro atoms. The number of rotatable bonds is 10. The molecule has 312 valence electrons. The van der Waals surface area contributed by atoms with Crippen molar-refractivity contribution in [3.8, 4) is 29.3 Å². The van der Waals surface area contributed by atoms with Gasteiger partial charge in [-0.2, -0.15) is 0 Å². The molecule has 2 aliphatic heterocycles. The van der Waals surface area contributed by atoms with E-state index in [-0.39, 0.29) is 41.5 Å². The third-order valence-electron chi connectivity index (χ3n) is 13.2. The molecule has 4 atom stereocenters. The first-order valence-corrected chi connectivity index (χ1v) is 22.1. The SMILES string of the molecule is CCNc1cccc(CCCC[C@@H]2C=CC(O)=C[C@H]2C[C@@H]2CC(=O)CCc3ccc(OC)c(c3)OCc3ccc4c(c(O)cc5c4c3C=C[C@H]5C)C3(C#CO2)CCCC3)c1. The molecule has 0 amide bonds. The van der Waals surface area contributed by atoms with E-state index in [4.69, 9.17) is 14.2 Å². The Hall–Kier alpha value is -5.61. The lowest BCUT2D eigenvalue weighted by molar-refractivity contribution is -0.121. The number of carbonyl (C=O) groups is 1. The van der Waals surface area contributed by atoms with Crippen LogP contribution >= 0.6 is 0 Å². The highest BCUT2D eigenvalue weighted by atomic mass is 16.5. The molecule has 7 nitrogen and oxygen atoms in total. The zero-order chi connectivity index (χ0) is 41.6. The highest BCUT2D eigenvalue weighted by Crippen LogP contribution is 2.51. The van der Waals surface area contributed by atoms with E-state index in [2.05, 4.69) is 85.8 Å². The van der Waals surface area contributed by atoms with Crippen molar-refractivity contribution in [3.05, 3.63) is 124 Å². The van der Waals surface area contributed by atoms with E-state index in [1.807, 2.05) is 36.4 Å². The Morgan fingerprint density at radius 1 is 0.967 bits per heavy atom. The fourth-order valence-corrected chi connectivity index (χ4v) is 10.1. The average Bonchev–Trinajstić information content (AvgIpc) is 3.72. The van der Waals surface area contributed by atoms with Gasteiger partial charge in [-0.05, 0) is 151 Å². The molecule has 4 aromatic rings. The van der Waals surface area contributed by atoms with Crippen LogP contribution in [0.5, 0.6) is 17.2 Å². The van der Waals surface area contributed by atoms with Gasteiger partial charge in [0.25, 0.3) is 0 Å². The number of unbranched alkanes of at least 4 members (excludes halogenated alkanes) is 1. The summed E-state index contributed by atoms with van der Waals surface area (Å²) in [6.07, 6.45) is 22.3. The van der Waals surface area contributed by atoms with Crippen LogP contribution in [0.2, 0.25) is 0 Å². The van der Waals surface area contributed by atoms with Crippen molar-refractivity contribution in [3.63, 3.8) is 0 Å². The van der Waals surface area contributed by atoms with Crippen LogP contribution in [0.1, 0.15) is 117 Å². The van der Waals surface area contributed by atoms with Crippen LogP contribution in [-0.4, -0.2) is 35.8 Å². The monoisotopic (exact) mass is 805 g/mol. The molecule has 60 heavy (non-hydrogen) atoms. The summed E-state index contributed by atoms with van der Waals surface area (Å²) in [5.41, 5.74) is 6.98. The third kappa shape index (κ3) is 8.94. The van der Waals surface area contributed by atoms with E-state index in [0.717, 1.165) is 102 Å². The second-order valence-corrected chi connectivity index (χ2v) is 17.3. The van der Waals surface area contributed by atoms with E-state index in [9.17, 15) is 15.0 Å². The number of benzene rings is 4. The Labute approximate surface area is 355 Å². The molecule has 2 heterocycles. The maximum atomic E-state index is 13.9. The normalized spacial score (nSPS) is 22.0. The number of aliphatic hydroxyl groups is 1. The van der Waals surface area contributed by atoms with Gasteiger partial charge in [0.2, 0.25) is 0 Å². The first-order valence-electron chi connectivity index (χ1n) is 22.1. The second-order valence-electron chi connectivity index (χ2n) is 17.3. The van der Waals surface area contributed by atoms with E-state index < -0.39 is 11.5 Å². The summed E-state index contributed by atoms with van der Waals surface area (Å²) in [5, 5.41) is 28.2. The van der Waals surface area contributed by atoms with Crippen LogP contribution in [0, 0.1) is 23.9 Å². The number of anilines is 1. The number of hydrogen-bond donors (Lipinski definition) is 3. The molecule has 6 bridgehead atoms. The number of Topliss-reactive ketones (excluding diaryl/α,β-unsaturated/α-hetero) is 1. The summed E-state index contributed by atoms with van der Waals surface area (Å²) in [6, 6.07) is 20.8. The summed E-state index contributed by atoms with van der Waals surface area (Å²) >= 11 is 0. The number of aryl methyl sites for hydroxylation is 2. The van der Waals surface area contributed by atoms with Crippen LogP contribution in [0.15, 0.2) is 90.7 Å². The Bertz CT molecular complexity index is 2370. The molecule has 3 N–H and O–H groups in total.